The lowest BCUT2D eigenvalue weighted by Crippen LogP contribution is -2.19. The molecule has 1 aliphatic heterocycles. The zero-order chi connectivity index (χ0) is 15.5. The zero-order valence-electron chi connectivity index (χ0n) is 12.1. The van der Waals surface area contributed by atoms with Gasteiger partial charge in [0.2, 0.25) is 10.3 Å². The first kappa shape index (κ1) is 15.2. The molecule has 116 valence electrons. The van der Waals surface area contributed by atoms with E-state index in [1.54, 1.807) is 0 Å². The number of rotatable bonds is 3. The number of carbonyl (C=O) groups is 1. The van der Waals surface area contributed by atoms with Crippen molar-refractivity contribution in [1.82, 2.24) is 10.2 Å². The van der Waals surface area contributed by atoms with Gasteiger partial charge in [0.1, 0.15) is 0 Å². The van der Waals surface area contributed by atoms with E-state index in [1.165, 1.54) is 24.2 Å². The van der Waals surface area contributed by atoms with Gasteiger partial charge in [0, 0.05) is 23.2 Å². The summed E-state index contributed by atoms with van der Waals surface area (Å²) in [6, 6.07) is 5.33. The third-order valence-electron chi connectivity index (χ3n) is 3.43. The van der Waals surface area contributed by atoms with Crippen molar-refractivity contribution in [1.29, 1.82) is 0 Å². The zero-order valence-corrected chi connectivity index (χ0v) is 14.5. The molecule has 22 heavy (non-hydrogen) atoms. The molecule has 2 aromatic rings. The van der Waals surface area contributed by atoms with Crippen LogP contribution in [0.5, 0.6) is 0 Å². The number of hydrogen-bond donors (Lipinski definition) is 2. The quantitative estimate of drug-likeness (QED) is 0.846. The van der Waals surface area contributed by atoms with E-state index in [2.05, 4.69) is 41.7 Å². The van der Waals surface area contributed by atoms with Crippen LogP contribution in [0.15, 0.2) is 22.7 Å². The van der Waals surface area contributed by atoms with Gasteiger partial charge in [-0.2, -0.15) is 0 Å². The Morgan fingerprint density at radius 2 is 2.05 bits per heavy atom. The van der Waals surface area contributed by atoms with Crippen LogP contribution in [0.4, 0.5) is 20.7 Å². The number of hydrogen-bond acceptors (Lipinski definition) is 5. The highest BCUT2D eigenvalue weighted by Crippen LogP contribution is 2.27. The SMILES string of the molecule is Cc1cc(NC(=O)Nc2nnc(N3CCCC3)s2)ccc1Br. The van der Waals surface area contributed by atoms with Crippen molar-refractivity contribution in [3.63, 3.8) is 0 Å². The molecule has 0 unspecified atom stereocenters. The molecule has 0 saturated carbocycles. The third-order valence-corrected chi connectivity index (χ3v) is 5.22. The summed E-state index contributed by atoms with van der Waals surface area (Å²) < 4.78 is 1.01. The van der Waals surface area contributed by atoms with Crippen molar-refractivity contribution in [2.75, 3.05) is 28.6 Å². The van der Waals surface area contributed by atoms with E-state index in [0.717, 1.165) is 33.9 Å². The molecule has 1 saturated heterocycles. The van der Waals surface area contributed by atoms with Gasteiger partial charge >= 0.3 is 6.03 Å². The molecule has 0 aliphatic carbocycles. The first-order valence-corrected chi connectivity index (χ1v) is 8.65. The van der Waals surface area contributed by atoms with Crippen molar-refractivity contribution in [2.24, 2.45) is 0 Å². The van der Waals surface area contributed by atoms with Gasteiger partial charge in [-0.3, -0.25) is 5.32 Å². The summed E-state index contributed by atoms with van der Waals surface area (Å²) in [6.45, 7) is 4.00. The molecular formula is C14H16BrN5OS. The van der Waals surface area contributed by atoms with E-state index in [4.69, 9.17) is 0 Å². The fourth-order valence-corrected chi connectivity index (χ4v) is 3.32. The van der Waals surface area contributed by atoms with Crippen molar-refractivity contribution in [3.05, 3.63) is 28.2 Å². The summed E-state index contributed by atoms with van der Waals surface area (Å²) in [4.78, 5) is 14.2. The van der Waals surface area contributed by atoms with E-state index in [1.807, 2.05) is 25.1 Å². The number of benzene rings is 1. The topological polar surface area (TPSA) is 70.1 Å². The lowest BCUT2D eigenvalue weighted by Gasteiger charge is -2.11. The Kier molecular flexibility index (Phi) is 4.58. The van der Waals surface area contributed by atoms with Gasteiger partial charge in [-0.1, -0.05) is 27.3 Å². The summed E-state index contributed by atoms with van der Waals surface area (Å²) in [5.41, 5.74) is 1.80. The van der Waals surface area contributed by atoms with Crippen LogP contribution in [0.2, 0.25) is 0 Å². The Labute approximate surface area is 141 Å². The number of anilines is 3. The number of amides is 2. The highest BCUT2D eigenvalue weighted by atomic mass is 79.9. The summed E-state index contributed by atoms with van der Waals surface area (Å²) in [7, 11) is 0. The molecule has 0 radical (unpaired) electrons. The fraction of sp³-hybridized carbons (Fsp3) is 0.357. The van der Waals surface area contributed by atoms with Gasteiger partial charge < -0.3 is 10.2 Å². The molecule has 6 nitrogen and oxygen atoms in total. The summed E-state index contributed by atoms with van der Waals surface area (Å²) in [6.07, 6.45) is 2.37. The number of halogens is 1. The number of nitrogens with one attached hydrogen (secondary N) is 2. The monoisotopic (exact) mass is 381 g/mol. The Morgan fingerprint density at radius 1 is 1.27 bits per heavy atom. The minimum atomic E-state index is -0.314. The Bertz CT molecular complexity index is 684. The second-order valence-electron chi connectivity index (χ2n) is 5.13. The average molecular weight is 382 g/mol. The maximum Gasteiger partial charge on any atom is 0.325 e. The predicted octanol–water partition coefficient (Wildman–Crippen LogP) is 3.85. The van der Waals surface area contributed by atoms with E-state index < -0.39 is 0 Å². The lowest BCUT2D eigenvalue weighted by atomic mass is 10.2. The van der Waals surface area contributed by atoms with Crippen LogP contribution in [-0.4, -0.2) is 29.3 Å². The minimum Gasteiger partial charge on any atom is -0.347 e. The van der Waals surface area contributed by atoms with Crippen molar-refractivity contribution < 1.29 is 4.79 Å². The lowest BCUT2D eigenvalue weighted by molar-refractivity contribution is 0.262. The molecule has 0 bridgehead atoms. The molecule has 1 fully saturated rings. The van der Waals surface area contributed by atoms with Gasteiger partial charge in [0.25, 0.3) is 0 Å². The van der Waals surface area contributed by atoms with E-state index in [0.29, 0.717) is 5.13 Å². The Balaban J connectivity index is 1.60. The summed E-state index contributed by atoms with van der Waals surface area (Å²) in [5.74, 6) is 0. The van der Waals surface area contributed by atoms with Crippen LogP contribution in [0.3, 0.4) is 0 Å². The standard InChI is InChI=1S/C14H16BrN5OS/c1-9-8-10(4-5-11(9)15)16-12(21)17-13-18-19-14(22-13)20-6-2-3-7-20/h4-5,8H,2-3,6-7H2,1H3,(H2,16,17,18,21). The van der Waals surface area contributed by atoms with Crippen LogP contribution < -0.4 is 15.5 Å². The van der Waals surface area contributed by atoms with Gasteiger partial charge in [-0.25, -0.2) is 4.79 Å². The number of aromatic nitrogens is 2. The third kappa shape index (κ3) is 3.56. The van der Waals surface area contributed by atoms with Crippen molar-refractivity contribution in [3.8, 4) is 0 Å². The van der Waals surface area contributed by atoms with Crippen LogP contribution in [0.1, 0.15) is 18.4 Å². The van der Waals surface area contributed by atoms with E-state index in [-0.39, 0.29) is 6.03 Å². The molecule has 8 heteroatoms. The number of urea groups is 1. The Hall–Kier alpha value is -1.67. The number of aryl methyl sites for hydroxylation is 1. The largest absolute Gasteiger partial charge is 0.347 e. The molecule has 1 aliphatic rings. The van der Waals surface area contributed by atoms with Crippen LogP contribution in [0.25, 0.3) is 0 Å². The second-order valence-corrected chi connectivity index (χ2v) is 6.94. The van der Waals surface area contributed by atoms with Gasteiger partial charge in [0.05, 0.1) is 0 Å². The molecule has 1 aromatic carbocycles. The molecule has 1 aromatic heterocycles. The molecule has 0 spiro atoms. The van der Waals surface area contributed by atoms with Crippen LogP contribution >= 0.6 is 27.3 Å². The normalized spacial score (nSPS) is 14.2. The van der Waals surface area contributed by atoms with Gasteiger partial charge in [-0.15, -0.1) is 10.2 Å². The highest BCUT2D eigenvalue weighted by Gasteiger charge is 2.17. The maximum atomic E-state index is 12.0. The van der Waals surface area contributed by atoms with Crippen molar-refractivity contribution in [2.45, 2.75) is 19.8 Å². The molecule has 2 N–H and O–H groups in total. The van der Waals surface area contributed by atoms with Crippen LogP contribution in [0, 0.1) is 6.92 Å². The molecule has 3 rings (SSSR count). The first-order chi connectivity index (χ1) is 10.6. The smallest absolute Gasteiger partial charge is 0.325 e. The number of nitrogens with zero attached hydrogens (tertiary/aromatic N) is 3. The van der Waals surface area contributed by atoms with Crippen LogP contribution in [-0.2, 0) is 0 Å². The summed E-state index contributed by atoms with van der Waals surface area (Å²) >= 11 is 4.83. The highest BCUT2D eigenvalue weighted by molar-refractivity contribution is 9.10. The van der Waals surface area contributed by atoms with Gasteiger partial charge in [-0.05, 0) is 43.5 Å². The first-order valence-electron chi connectivity index (χ1n) is 7.04. The van der Waals surface area contributed by atoms with Gasteiger partial charge in [0.15, 0.2) is 0 Å². The predicted molar refractivity (Wildman–Crippen MR) is 92.9 cm³/mol. The molecular weight excluding hydrogens is 366 g/mol. The maximum absolute atomic E-state index is 12.0. The van der Waals surface area contributed by atoms with Crippen molar-refractivity contribution >= 4 is 49.2 Å². The fourth-order valence-electron chi connectivity index (χ4n) is 2.28. The Morgan fingerprint density at radius 3 is 2.77 bits per heavy atom. The molecule has 0 atom stereocenters. The van der Waals surface area contributed by atoms with E-state index >= 15 is 0 Å². The minimum absolute atomic E-state index is 0.314. The average Bonchev–Trinajstić information content (AvgIpc) is 3.13. The molecule has 2 heterocycles. The van der Waals surface area contributed by atoms with E-state index in [9.17, 15) is 4.79 Å². The summed E-state index contributed by atoms with van der Waals surface area (Å²) in [5, 5.41) is 15.0. The number of carbonyl (C=O) groups excluding carboxylic acids is 1. The second kappa shape index (κ2) is 6.62. The molecule has 2 amide bonds.